The Labute approximate surface area is 438 Å². The highest BCUT2D eigenvalue weighted by molar-refractivity contribution is 7.26. The van der Waals surface area contributed by atoms with Crippen molar-refractivity contribution in [3.63, 3.8) is 0 Å². The number of nitrogens with zero attached hydrogens (tertiary/aromatic N) is 3. The van der Waals surface area contributed by atoms with Gasteiger partial charge in [-0.2, -0.15) is 0 Å². The summed E-state index contributed by atoms with van der Waals surface area (Å²) in [6.45, 7) is 26.3. The molecular weight excluding hydrogens is 902 g/mol. The summed E-state index contributed by atoms with van der Waals surface area (Å²) in [4.78, 5) is 8.23. The van der Waals surface area contributed by atoms with E-state index >= 15 is 0 Å². The molecule has 4 heterocycles. The SMILES string of the molecule is CC(C)(C)c1cccc(N2c3cc(C(C)(C)C)ccc3B3c4ccc5sc6ccccc6c5c4N(c4ccc(C(C)(C)C)cc4-c4ccccc4)c4cc(N5c6ccccc6C6(C)CCCCC56C)cc2c43)c1. The summed E-state index contributed by atoms with van der Waals surface area (Å²) in [6.07, 6.45) is 4.77. The van der Waals surface area contributed by atoms with E-state index in [1.54, 1.807) is 0 Å². The summed E-state index contributed by atoms with van der Waals surface area (Å²) in [7, 11) is 0. The van der Waals surface area contributed by atoms with E-state index in [1.165, 1.54) is 135 Å². The van der Waals surface area contributed by atoms with Crippen LogP contribution in [0.3, 0.4) is 0 Å². The molecule has 1 fully saturated rings. The van der Waals surface area contributed by atoms with Gasteiger partial charge in [0.1, 0.15) is 0 Å². The smallest absolute Gasteiger partial charge is 0.252 e. The minimum absolute atomic E-state index is 0.0102. The van der Waals surface area contributed by atoms with E-state index in [9.17, 15) is 0 Å². The predicted molar refractivity (Wildman–Crippen MR) is 318 cm³/mol. The van der Waals surface area contributed by atoms with Gasteiger partial charge in [0.15, 0.2) is 0 Å². The third-order valence-corrected chi connectivity index (χ3v) is 19.0. The molecule has 13 rings (SSSR count). The molecule has 4 aliphatic rings. The maximum atomic E-state index is 2.81. The topological polar surface area (TPSA) is 9.72 Å². The third-order valence-electron chi connectivity index (χ3n) is 17.9. The van der Waals surface area contributed by atoms with Gasteiger partial charge in [0.2, 0.25) is 0 Å². The van der Waals surface area contributed by atoms with Crippen LogP contribution in [0.4, 0.5) is 45.5 Å². The first-order valence-corrected chi connectivity index (χ1v) is 27.7. The summed E-state index contributed by atoms with van der Waals surface area (Å²) in [5, 5.41) is 2.65. The zero-order valence-electron chi connectivity index (χ0n) is 44.7. The van der Waals surface area contributed by atoms with Crippen LogP contribution in [0.1, 0.15) is 124 Å². The standard InChI is InChI=1S/C68H68BN3S/c1-64(2,3)44-24-21-25-47(38-44)70-56-40-46(66(7,8)9)30-32-52(56)69-53-33-35-60-61(49-26-15-18-29-59(49)73-60)63(53)71(54-34-31-45(65(4,5)6)39-50(54)43-22-13-12-14-23-43)58-42-48(41-57(70)62(58)69)72-55-28-17-16-27-51(55)67(10)36-19-20-37-68(67,72)11/h12-18,21-35,38-42H,19-20,36-37H2,1-11H3. The van der Waals surface area contributed by atoms with Gasteiger partial charge in [-0.25, -0.2) is 0 Å². The lowest BCUT2D eigenvalue weighted by Gasteiger charge is -2.51. The molecular formula is C68H68BN3S. The number of hydrogen-bond acceptors (Lipinski definition) is 4. The van der Waals surface area contributed by atoms with Crippen LogP contribution in [0.15, 0.2) is 164 Å². The minimum atomic E-state index is -0.143. The molecule has 2 unspecified atom stereocenters. The largest absolute Gasteiger partial charge is 0.334 e. The highest BCUT2D eigenvalue weighted by atomic mass is 32.1. The Bertz CT molecular complexity index is 3710. The number of hydrogen-bond donors (Lipinski definition) is 0. The second-order valence-corrected chi connectivity index (χ2v) is 26.4. The van der Waals surface area contributed by atoms with Crippen molar-refractivity contribution in [3.05, 3.63) is 186 Å². The average Bonchev–Trinajstić information content (AvgIpc) is 3.85. The van der Waals surface area contributed by atoms with Gasteiger partial charge in [-0.15, -0.1) is 11.3 Å². The predicted octanol–water partition coefficient (Wildman–Crippen LogP) is 17.4. The first-order valence-electron chi connectivity index (χ1n) is 26.9. The van der Waals surface area contributed by atoms with Crippen LogP contribution < -0.4 is 31.1 Å². The maximum absolute atomic E-state index is 2.81. The number of para-hydroxylation sites is 1. The molecule has 3 aliphatic heterocycles. The molecule has 1 saturated carbocycles. The maximum Gasteiger partial charge on any atom is 0.252 e. The molecule has 0 amide bonds. The highest BCUT2D eigenvalue weighted by Crippen LogP contribution is 2.62. The summed E-state index contributed by atoms with van der Waals surface area (Å²) < 4.78 is 2.63. The molecule has 0 spiro atoms. The Hall–Kier alpha value is -6.56. The zero-order chi connectivity index (χ0) is 50.6. The van der Waals surface area contributed by atoms with Gasteiger partial charge >= 0.3 is 0 Å². The number of benzene rings is 8. The van der Waals surface area contributed by atoms with Gasteiger partial charge in [0, 0.05) is 65.3 Å². The van der Waals surface area contributed by atoms with Crippen molar-refractivity contribution in [1.82, 2.24) is 0 Å². The van der Waals surface area contributed by atoms with Crippen molar-refractivity contribution < 1.29 is 0 Å². The summed E-state index contributed by atoms with van der Waals surface area (Å²) in [5.74, 6) is 0. The van der Waals surface area contributed by atoms with E-state index in [0.717, 1.165) is 6.42 Å². The quantitative estimate of drug-likeness (QED) is 0.163. The van der Waals surface area contributed by atoms with E-state index in [0.29, 0.717) is 0 Å². The van der Waals surface area contributed by atoms with Gasteiger partial charge in [-0.3, -0.25) is 0 Å². The molecule has 73 heavy (non-hydrogen) atoms. The number of fused-ring (bicyclic) bond motifs is 11. The van der Waals surface area contributed by atoms with E-state index < -0.39 is 0 Å². The molecule has 364 valence electrons. The Kier molecular flexibility index (Phi) is 10.1. The van der Waals surface area contributed by atoms with Crippen LogP contribution in [0, 0.1) is 0 Å². The summed E-state index contributed by atoms with van der Waals surface area (Å²) in [6, 6.07) is 64.2. The van der Waals surface area contributed by atoms with E-state index in [-0.39, 0.29) is 33.9 Å². The molecule has 9 aromatic rings. The lowest BCUT2D eigenvalue weighted by molar-refractivity contribution is 0.195. The normalized spacial score (nSPS) is 19.2. The first-order chi connectivity index (χ1) is 34.8. The summed E-state index contributed by atoms with van der Waals surface area (Å²) >= 11 is 1.92. The molecule has 2 atom stereocenters. The number of anilines is 8. The van der Waals surface area contributed by atoms with Crippen molar-refractivity contribution in [2.24, 2.45) is 0 Å². The van der Waals surface area contributed by atoms with E-state index in [2.05, 4.69) is 255 Å². The van der Waals surface area contributed by atoms with Crippen molar-refractivity contribution in [2.45, 2.75) is 129 Å². The van der Waals surface area contributed by atoms with Gasteiger partial charge < -0.3 is 14.7 Å². The number of rotatable bonds is 4. The molecule has 3 nitrogen and oxygen atoms in total. The minimum Gasteiger partial charge on any atom is -0.334 e. The van der Waals surface area contributed by atoms with Gasteiger partial charge in [-0.1, -0.05) is 185 Å². The average molecular weight is 970 g/mol. The van der Waals surface area contributed by atoms with Crippen LogP contribution in [-0.2, 0) is 21.7 Å². The second-order valence-electron chi connectivity index (χ2n) is 25.3. The van der Waals surface area contributed by atoms with Crippen molar-refractivity contribution in [1.29, 1.82) is 0 Å². The molecule has 0 N–H and O–H groups in total. The van der Waals surface area contributed by atoms with Crippen molar-refractivity contribution >= 4 is 100 Å². The Morgan fingerprint density at radius 3 is 1.89 bits per heavy atom. The zero-order valence-corrected chi connectivity index (χ0v) is 45.6. The summed E-state index contributed by atoms with van der Waals surface area (Å²) in [5.41, 5.74) is 21.8. The fourth-order valence-electron chi connectivity index (χ4n) is 13.7. The molecule has 0 saturated heterocycles. The monoisotopic (exact) mass is 970 g/mol. The fourth-order valence-corrected chi connectivity index (χ4v) is 14.8. The van der Waals surface area contributed by atoms with E-state index in [4.69, 9.17) is 0 Å². The molecule has 8 aromatic carbocycles. The van der Waals surface area contributed by atoms with Crippen LogP contribution in [0.25, 0.3) is 31.3 Å². The molecule has 0 radical (unpaired) electrons. The number of thiophene rings is 1. The Morgan fingerprint density at radius 2 is 1.12 bits per heavy atom. The van der Waals surface area contributed by atoms with Gasteiger partial charge in [-0.05, 0) is 141 Å². The Morgan fingerprint density at radius 1 is 0.479 bits per heavy atom. The highest BCUT2D eigenvalue weighted by Gasteiger charge is 2.58. The van der Waals surface area contributed by atoms with Crippen molar-refractivity contribution in [2.75, 3.05) is 14.7 Å². The second kappa shape index (κ2) is 16.0. The van der Waals surface area contributed by atoms with Crippen molar-refractivity contribution in [3.8, 4) is 11.1 Å². The molecule has 1 aromatic heterocycles. The first kappa shape index (κ1) is 46.2. The van der Waals surface area contributed by atoms with Crippen LogP contribution in [-0.4, -0.2) is 12.3 Å². The fraction of sp³-hybridized carbons (Fsp3) is 0.294. The van der Waals surface area contributed by atoms with Crippen LogP contribution in [0.2, 0.25) is 0 Å². The molecule has 0 bridgehead atoms. The van der Waals surface area contributed by atoms with Gasteiger partial charge in [0.25, 0.3) is 6.71 Å². The van der Waals surface area contributed by atoms with E-state index in [1.807, 2.05) is 11.3 Å². The third kappa shape index (κ3) is 6.83. The van der Waals surface area contributed by atoms with Crippen LogP contribution in [0.5, 0.6) is 0 Å². The molecule has 5 heteroatoms. The van der Waals surface area contributed by atoms with Gasteiger partial charge in [0.05, 0.1) is 16.9 Å². The molecule has 1 aliphatic carbocycles. The lowest BCUT2D eigenvalue weighted by Crippen LogP contribution is -2.61. The van der Waals surface area contributed by atoms with Crippen LogP contribution >= 0.6 is 11.3 Å². The Balaban J connectivity index is 1.22. The lowest BCUT2D eigenvalue weighted by atomic mass is 9.33.